The van der Waals surface area contributed by atoms with Crippen LogP contribution in [0.3, 0.4) is 0 Å². The number of rotatable bonds is 12. The first-order valence-electron chi connectivity index (χ1n) is 11.8. The van der Waals surface area contributed by atoms with Gasteiger partial charge >= 0.3 is 0 Å². The molecule has 184 valence electrons. The molecule has 0 bridgehead atoms. The van der Waals surface area contributed by atoms with Gasteiger partial charge in [-0.3, -0.25) is 0 Å². The van der Waals surface area contributed by atoms with E-state index in [1.54, 1.807) is 14.2 Å². The summed E-state index contributed by atoms with van der Waals surface area (Å²) in [5, 5.41) is 0. The van der Waals surface area contributed by atoms with Crippen molar-refractivity contribution in [1.29, 1.82) is 0 Å². The summed E-state index contributed by atoms with van der Waals surface area (Å²) >= 11 is 0. The maximum absolute atomic E-state index is 5.32. The fourth-order valence-corrected chi connectivity index (χ4v) is 3.78. The van der Waals surface area contributed by atoms with Crippen molar-refractivity contribution in [2.45, 2.75) is 27.7 Å². The molecule has 0 aliphatic heterocycles. The van der Waals surface area contributed by atoms with E-state index >= 15 is 0 Å². The molecule has 2 aromatic rings. The monoisotopic (exact) mass is 483 g/mol. The Kier molecular flexibility index (Phi) is 13.5. The molecular weight excluding hydrogens is 444 g/mol. The third-order valence-electron chi connectivity index (χ3n) is 5.71. The van der Waals surface area contributed by atoms with Crippen molar-refractivity contribution in [2.24, 2.45) is 0 Å². The number of nitrogens with zero attached hydrogens (tertiary/aromatic N) is 2. The molecule has 0 aliphatic carbocycles. The van der Waals surface area contributed by atoms with Gasteiger partial charge in [0.25, 0.3) is 0 Å². The molecule has 5 heteroatoms. The Morgan fingerprint density at radius 1 is 0.735 bits per heavy atom. The number of hydrogen-bond donors (Lipinski definition) is 0. The van der Waals surface area contributed by atoms with Crippen LogP contribution in [0.2, 0.25) is 0 Å². The predicted octanol–water partition coefficient (Wildman–Crippen LogP) is 6.46. The van der Waals surface area contributed by atoms with Crippen LogP contribution in [0.25, 0.3) is 5.70 Å². The Morgan fingerprint density at radius 2 is 1.24 bits per heavy atom. The van der Waals surface area contributed by atoms with Crippen molar-refractivity contribution in [3.05, 3.63) is 90.0 Å². The highest BCUT2D eigenvalue weighted by atomic mass is 35.5. The van der Waals surface area contributed by atoms with E-state index in [1.807, 2.05) is 24.3 Å². The van der Waals surface area contributed by atoms with Gasteiger partial charge in [-0.15, -0.1) is 12.4 Å². The maximum Gasteiger partial charge on any atom is 0.207 e. The Labute approximate surface area is 212 Å². The third kappa shape index (κ3) is 8.11. The van der Waals surface area contributed by atoms with Crippen LogP contribution in [0.1, 0.15) is 38.8 Å². The van der Waals surface area contributed by atoms with Crippen molar-refractivity contribution in [2.75, 3.05) is 40.4 Å². The van der Waals surface area contributed by atoms with E-state index in [-0.39, 0.29) is 12.4 Å². The molecule has 0 atom stereocenters. The van der Waals surface area contributed by atoms with Crippen LogP contribution >= 0.6 is 12.4 Å². The van der Waals surface area contributed by atoms with E-state index in [9.17, 15) is 0 Å². The molecule has 0 aromatic heterocycles. The lowest BCUT2D eigenvalue weighted by molar-refractivity contribution is -0.519. The average Bonchev–Trinajstić information content (AvgIpc) is 2.87. The van der Waals surface area contributed by atoms with Gasteiger partial charge in [0.2, 0.25) is 5.71 Å². The zero-order valence-electron chi connectivity index (χ0n) is 21.5. The van der Waals surface area contributed by atoms with Gasteiger partial charge in [0.15, 0.2) is 0 Å². The standard InChI is InChI=1S/C29H39N2O2.ClH/c1-7-30(8-2)28(24-16-20-26(32-5)21-17-24)14-12-11-13-15-29(31(9-3)10-4)25-18-22-27(33-6)23-19-25;/h11-23H,7-10H2,1-6H3;1H/q+1;. The van der Waals surface area contributed by atoms with Gasteiger partial charge in [-0.2, -0.15) is 0 Å². The summed E-state index contributed by atoms with van der Waals surface area (Å²) < 4.78 is 13.0. The Bertz CT molecular complexity index is 964. The fourth-order valence-electron chi connectivity index (χ4n) is 3.78. The molecule has 0 fully saturated rings. The van der Waals surface area contributed by atoms with E-state index in [2.05, 4.69) is 91.8 Å². The van der Waals surface area contributed by atoms with Crippen molar-refractivity contribution >= 4 is 23.8 Å². The average molecular weight is 484 g/mol. The third-order valence-corrected chi connectivity index (χ3v) is 5.71. The topological polar surface area (TPSA) is 24.7 Å². The molecule has 0 N–H and O–H groups in total. The number of halogens is 1. The molecule has 0 saturated carbocycles. The molecule has 4 nitrogen and oxygen atoms in total. The van der Waals surface area contributed by atoms with E-state index in [1.165, 1.54) is 22.5 Å². The second-order valence-corrected chi connectivity index (χ2v) is 7.48. The molecule has 0 aliphatic rings. The van der Waals surface area contributed by atoms with Gasteiger partial charge < -0.3 is 14.4 Å². The highest BCUT2D eigenvalue weighted by Gasteiger charge is 2.11. The minimum absolute atomic E-state index is 0. The molecule has 0 heterocycles. The van der Waals surface area contributed by atoms with Crippen LogP contribution < -0.4 is 9.47 Å². The first-order valence-corrected chi connectivity index (χ1v) is 11.8. The van der Waals surface area contributed by atoms with E-state index < -0.39 is 0 Å². The zero-order chi connectivity index (χ0) is 24.1. The van der Waals surface area contributed by atoms with Crippen LogP contribution in [-0.2, 0) is 0 Å². The van der Waals surface area contributed by atoms with Crippen LogP contribution in [0.15, 0.2) is 78.9 Å². The summed E-state index contributed by atoms with van der Waals surface area (Å²) in [6, 6.07) is 16.5. The first kappa shape index (κ1) is 29.1. The molecular formula is C29H40ClN2O2+. The summed E-state index contributed by atoms with van der Waals surface area (Å²) in [5.74, 6) is 1.74. The molecule has 0 unspecified atom stereocenters. The quantitative estimate of drug-likeness (QED) is 0.196. The molecule has 2 aromatic carbocycles. The van der Waals surface area contributed by atoms with Crippen LogP contribution in [0, 0.1) is 0 Å². The fraction of sp³-hybridized carbons (Fsp3) is 0.345. The van der Waals surface area contributed by atoms with E-state index in [4.69, 9.17) is 9.47 Å². The summed E-state index contributed by atoms with van der Waals surface area (Å²) in [6.45, 7) is 12.6. The second-order valence-electron chi connectivity index (χ2n) is 7.48. The number of methoxy groups -OCH3 is 2. The molecule has 0 radical (unpaired) electrons. The normalized spacial score (nSPS) is 11.4. The zero-order valence-corrected chi connectivity index (χ0v) is 22.3. The summed E-state index contributed by atoms with van der Waals surface area (Å²) in [6.07, 6.45) is 10.7. The van der Waals surface area contributed by atoms with Crippen molar-refractivity contribution in [3.8, 4) is 11.5 Å². The molecule has 34 heavy (non-hydrogen) atoms. The Balaban J connectivity index is 0.00000578. The van der Waals surface area contributed by atoms with Gasteiger partial charge in [-0.05, 0) is 87.9 Å². The lowest BCUT2D eigenvalue weighted by Crippen LogP contribution is -2.21. The molecule has 0 amide bonds. The minimum atomic E-state index is 0. The van der Waals surface area contributed by atoms with Crippen molar-refractivity contribution in [3.63, 3.8) is 0 Å². The highest BCUT2D eigenvalue weighted by molar-refractivity contribution is 6.05. The smallest absolute Gasteiger partial charge is 0.207 e. The van der Waals surface area contributed by atoms with Crippen molar-refractivity contribution < 1.29 is 14.0 Å². The maximum atomic E-state index is 5.32. The highest BCUT2D eigenvalue weighted by Crippen LogP contribution is 2.22. The van der Waals surface area contributed by atoms with Crippen LogP contribution in [0.5, 0.6) is 11.5 Å². The lowest BCUT2D eigenvalue weighted by Gasteiger charge is -2.24. The number of benzene rings is 2. The number of allylic oxidation sites excluding steroid dienone is 5. The van der Waals surface area contributed by atoms with Crippen LogP contribution in [0.4, 0.5) is 0 Å². The first-order chi connectivity index (χ1) is 16.1. The molecule has 0 saturated heterocycles. The number of hydrogen-bond acceptors (Lipinski definition) is 3. The summed E-state index contributed by atoms with van der Waals surface area (Å²) in [7, 11) is 3.39. The lowest BCUT2D eigenvalue weighted by atomic mass is 10.1. The van der Waals surface area contributed by atoms with Gasteiger partial charge in [0.05, 0.1) is 14.2 Å². The molecule has 0 spiro atoms. The summed E-state index contributed by atoms with van der Waals surface area (Å²) in [4.78, 5) is 2.36. The SMILES string of the molecule is CCN(CC)\C(=C/C=C/C=C/C(c1ccc(OC)cc1)=[N+](CC)CC)c1ccc(OC)cc1.Cl. The van der Waals surface area contributed by atoms with Gasteiger partial charge in [0.1, 0.15) is 24.6 Å². The Morgan fingerprint density at radius 3 is 1.68 bits per heavy atom. The van der Waals surface area contributed by atoms with E-state index in [0.29, 0.717) is 0 Å². The van der Waals surface area contributed by atoms with Crippen molar-refractivity contribution in [1.82, 2.24) is 4.90 Å². The van der Waals surface area contributed by atoms with Gasteiger partial charge in [0, 0.05) is 30.4 Å². The van der Waals surface area contributed by atoms with E-state index in [0.717, 1.165) is 37.7 Å². The predicted molar refractivity (Wildman–Crippen MR) is 148 cm³/mol. The minimum Gasteiger partial charge on any atom is -0.497 e. The largest absolute Gasteiger partial charge is 0.497 e. The van der Waals surface area contributed by atoms with Crippen LogP contribution in [-0.4, -0.2) is 55.6 Å². The second kappa shape index (κ2) is 15.8. The Hall–Kier alpha value is -2.98. The molecule has 2 rings (SSSR count). The summed E-state index contributed by atoms with van der Waals surface area (Å²) in [5.41, 5.74) is 4.77. The van der Waals surface area contributed by atoms with Gasteiger partial charge in [-0.1, -0.05) is 18.2 Å². The van der Waals surface area contributed by atoms with Gasteiger partial charge in [-0.25, -0.2) is 4.58 Å². The number of ether oxygens (including phenoxy) is 2.